The Hall–Kier alpha value is -3.87. The third-order valence-electron chi connectivity index (χ3n) is 6.45. The van der Waals surface area contributed by atoms with E-state index in [1.54, 1.807) is 12.5 Å². The first-order valence-corrected chi connectivity index (χ1v) is 12.2. The van der Waals surface area contributed by atoms with Crippen molar-refractivity contribution in [2.75, 3.05) is 13.2 Å². The molecule has 0 aliphatic carbocycles. The molecule has 0 saturated heterocycles. The van der Waals surface area contributed by atoms with Crippen LogP contribution in [0.25, 0.3) is 11.3 Å². The maximum atomic E-state index is 13.5. The highest BCUT2D eigenvalue weighted by Crippen LogP contribution is 2.43. The molecule has 0 bridgehead atoms. The summed E-state index contributed by atoms with van der Waals surface area (Å²) in [5, 5.41) is 7.59. The molecule has 35 heavy (non-hydrogen) atoms. The normalized spacial score (nSPS) is 15.1. The predicted molar refractivity (Wildman–Crippen MR) is 135 cm³/mol. The highest BCUT2D eigenvalue weighted by atomic mass is 16.5. The fraction of sp³-hybridized carbons (Fsp3) is 0.321. The van der Waals surface area contributed by atoms with Gasteiger partial charge in [0.05, 0.1) is 24.7 Å². The van der Waals surface area contributed by atoms with Crippen molar-refractivity contribution in [3.63, 3.8) is 0 Å². The van der Waals surface area contributed by atoms with Gasteiger partial charge in [0.25, 0.3) is 5.91 Å². The van der Waals surface area contributed by atoms with Gasteiger partial charge in [-0.2, -0.15) is 5.10 Å². The van der Waals surface area contributed by atoms with Gasteiger partial charge in [-0.1, -0.05) is 56.3 Å². The second-order valence-electron chi connectivity index (χ2n) is 9.38. The molecule has 1 N–H and O–H groups in total. The lowest BCUT2D eigenvalue weighted by Gasteiger charge is -2.26. The van der Waals surface area contributed by atoms with Crippen molar-refractivity contribution in [1.82, 2.24) is 24.6 Å². The number of carbonyl (C=O) groups is 1. The molecule has 0 saturated carbocycles. The van der Waals surface area contributed by atoms with Gasteiger partial charge in [0.15, 0.2) is 0 Å². The third kappa shape index (κ3) is 4.85. The van der Waals surface area contributed by atoms with Gasteiger partial charge in [0, 0.05) is 36.6 Å². The molecule has 2 aromatic carbocycles. The van der Waals surface area contributed by atoms with Crippen LogP contribution in [0.5, 0.6) is 5.75 Å². The van der Waals surface area contributed by atoms with Crippen LogP contribution in [0.4, 0.5) is 0 Å². The van der Waals surface area contributed by atoms with Crippen LogP contribution in [0.15, 0.2) is 73.3 Å². The molecule has 1 aliphatic heterocycles. The number of nitrogens with zero attached hydrogens (tertiary/aromatic N) is 4. The molecule has 4 aromatic rings. The second-order valence-corrected chi connectivity index (χ2v) is 9.38. The zero-order valence-electron chi connectivity index (χ0n) is 20.2. The number of aromatic nitrogens is 4. The van der Waals surface area contributed by atoms with Gasteiger partial charge in [0.1, 0.15) is 11.4 Å². The number of hydrogen-bond donors (Lipinski definition) is 1. The standard InChI is InChI=1S/C28H31N5O2/c1-20(2)13-18-35-23-11-9-22(10-12-23)27-24-25(21-7-4-3-5-8-21)30-31-26(24)28(34)33(27)16-6-15-32-17-14-29-19-32/h3-5,7-12,14,17,19-20,27H,6,13,15-16,18H2,1-2H3,(H,30,31). The lowest BCUT2D eigenvalue weighted by atomic mass is 9.96. The number of imidazole rings is 1. The number of ether oxygens (including phenoxy) is 1. The molecule has 7 heteroatoms. The van der Waals surface area contributed by atoms with E-state index in [-0.39, 0.29) is 11.9 Å². The van der Waals surface area contributed by atoms with Crippen LogP contribution in [0.1, 0.15) is 54.3 Å². The molecule has 3 heterocycles. The number of aryl methyl sites for hydroxylation is 1. The molecular weight excluding hydrogens is 438 g/mol. The van der Waals surface area contributed by atoms with Crippen molar-refractivity contribution in [2.24, 2.45) is 5.92 Å². The number of H-pyrrole nitrogens is 1. The Morgan fingerprint density at radius 2 is 1.86 bits per heavy atom. The van der Waals surface area contributed by atoms with E-state index >= 15 is 0 Å². The number of amides is 1. The van der Waals surface area contributed by atoms with Gasteiger partial charge in [-0.25, -0.2) is 4.98 Å². The van der Waals surface area contributed by atoms with Gasteiger partial charge in [0.2, 0.25) is 0 Å². The van der Waals surface area contributed by atoms with E-state index in [1.807, 2.05) is 58.1 Å². The summed E-state index contributed by atoms with van der Waals surface area (Å²) >= 11 is 0. The van der Waals surface area contributed by atoms with Crippen molar-refractivity contribution in [3.8, 4) is 17.0 Å². The van der Waals surface area contributed by atoms with Crippen molar-refractivity contribution < 1.29 is 9.53 Å². The highest BCUT2D eigenvalue weighted by Gasteiger charge is 2.41. The van der Waals surface area contributed by atoms with E-state index < -0.39 is 0 Å². The number of aromatic amines is 1. The minimum atomic E-state index is -0.209. The SMILES string of the molecule is CC(C)CCOc1ccc(C2c3c(-c4ccccc4)n[nH]c3C(=O)N2CCCn2ccnc2)cc1. The average molecular weight is 470 g/mol. The van der Waals surface area contributed by atoms with E-state index in [2.05, 4.69) is 41.2 Å². The minimum Gasteiger partial charge on any atom is -0.494 e. The largest absolute Gasteiger partial charge is 0.494 e. The fourth-order valence-electron chi connectivity index (χ4n) is 4.59. The minimum absolute atomic E-state index is 0.0115. The molecule has 180 valence electrons. The summed E-state index contributed by atoms with van der Waals surface area (Å²) in [6.07, 6.45) is 7.37. The summed E-state index contributed by atoms with van der Waals surface area (Å²) in [4.78, 5) is 19.6. The number of benzene rings is 2. The Labute approximate surface area is 205 Å². The quantitative estimate of drug-likeness (QED) is 0.340. The van der Waals surface area contributed by atoms with Gasteiger partial charge in [-0.3, -0.25) is 9.89 Å². The summed E-state index contributed by atoms with van der Waals surface area (Å²) < 4.78 is 7.97. The number of fused-ring (bicyclic) bond motifs is 1. The van der Waals surface area contributed by atoms with Crippen LogP contribution in [0.2, 0.25) is 0 Å². The van der Waals surface area contributed by atoms with Crippen LogP contribution in [-0.4, -0.2) is 43.7 Å². The summed E-state index contributed by atoms with van der Waals surface area (Å²) in [7, 11) is 0. The Kier molecular flexibility index (Phi) is 6.66. The first-order chi connectivity index (χ1) is 17.1. The van der Waals surface area contributed by atoms with Gasteiger partial charge in [-0.15, -0.1) is 0 Å². The zero-order valence-corrected chi connectivity index (χ0v) is 20.2. The maximum Gasteiger partial charge on any atom is 0.273 e. The predicted octanol–water partition coefficient (Wildman–Crippen LogP) is 5.33. The van der Waals surface area contributed by atoms with Gasteiger partial charge >= 0.3 is 0 Å². The molecule has 0 radical (unpaired) electrons. The van der Waals surface area contributed by atoms with Crippen LogP contribution >= 0.6 is 0 Å². The smallest absolute Gasteiger partial charge is 0.273 e. The number of nitrogens with one attached hydrogen (secondary N) is 1. The van der Waals surface area contributed by atoms with E-state index in [1.165, 1.54) is 0 Å². The summed E-state index contributed by atoms with van der Waals surface area (Å²) in [6, 6.07) is 18.0. The average Bonchev–Trinajstić information content (AvgIpc) is 3.59. The highest BCUT2D eigenvalue weighted by molar-refractivity contribution is 6.00. The summed E-state index contributed by atoms with van der Waals surface area (Å²) in [6.45, 7) is 6.51. The first-order valence-electron chi connectivity index (χ1n) is 12.2. The zero-order chi connectivity index (χ0) is 24.2. The van der Waals surface area contributed by atoms with Crippen molar-refractivity contribution in [2.45, 2.75) is 39.3 Å². The molecular formula is C28H31N5O2. The van der Waals surface area contributed by atoms with Gasteiger partial charge < -0.3 is 14.2 Å². The van der Waals surface area contributed by atoms with Crippen LogP contribution in [0, 0.1) is 5.92 Å². The Bertz CT molecular complexity index is 1250. The number of carbonyl (C=O) groups excluding carboxylic acids is 1. The topological polar surface area (TPSA) is 76.0 Å². The molecule has 2 aromatic heterocycles. The first kappa shape index (κ1) is 22.9. The van der Waals surface area contributed by atoms with Crippen molar-refractivity contribution in [1.29, 1.82) is 0 Å². The van der Waals surface area contributed by atoms with E-state index in [9.17, 15) is 4.79 Å². The lowest BCUT2D eigenvalue weighted by molar-refractivity contribution is 0.0739. The number of rotatable bonds is 10. The molecule has 7 nitrogen and oxygen atoms in total. The molecule has 1 unspecified atom stereocenters. The van der Waals surface area contributed by atoms with Crippen LogP contribution in [-0.2, 0) is 6.54 Å². The van der Waals surface area contributed by atoms with Crippen molar-refractivity contribution in [3.05, 3.63) is 90.1 Å². The molecule has 1 aliphatic rings. The molecule has 1 amide bonds. The Morgan fingerprint density at radius 3 is 2.57 bits per heavy atom. The molecule has 5 rings (SSSR count). The van der Waals surface area contributed by atoms with Gasteiger partial charge in [-0.05, 0) is 36.5 Å². The summed E-state index contributed by atoms with van der Waals surface area (Å²) in [5.74, 6) is 1.44. The van der Waals surface area contributed by atoms with E-state index in [0.29, 0.717) is 24.8 Å². The monoisotopic (exact) mass is 469 g/mol. The second kappa shape index (κ2) is 10.2. The maximum absolute atomic E-state index is 13.5. The lowest BCUT2D eigenvalue weighted by Crippen LogP contribution is -2.31. The van der Waals surface area contributed by atoms with E-state index in [0.717, 1.165) is 47.5 Å². The van der Waals surface area contributed by atoms with Crippen LogP contribution in [0.3, 0.4) is 0 Å². The Balaban J connectivity index is 1.44. The number of hydrogen-bond acceptors (Lipinski definition) is 4. The summed E-state index contributed by atoms with van der Waals surface area (Å²) in [5.41, 5.74) is 4.39. The third-order valence-corrected chi connectivity index (χ3v) is 6.45. The molecule has 1 atom stereocenters. The Morgan fingerprint density at radius 1 is 1.06 bits per heavy atom. The van der Waals surface area contributed by atoms with E-state index in [4.69, 9.17) is 4.74 Å². The van der Waals surface area contributed by atoms with Crippen molar-refractivity contribution >= 4 is 5.91 Å². The molecule has 0 spiro atoms. The fourth-order valence-corrected chi connectivity index (χ4v) is 4.59. The van der Waals surface area contributed by atoms with Crippen LogP contribution < -0.4 is 4.74 Å². The molecule has 0 fully saturated rings.